The molecule has 0 bridgehead atoms. The number of nitrogens with two attached hydrogens (primary N) is 1. The molecule has 0 spiro atoms. The molecule has 2 aromatic rings. The summed E-state index contributed by atoms with van der Waals surface area (Å²) in [5.41, 5.74) is 6.65. The number of rotatable bonds is 4. The van der Waals surface area contributed by atoms with Crippen molar-refractivity contribution in [3.8, 4) is 0 Å². The van der Waals surface area contributed by atoms with Crippen LogP contribution in [0.25, 0.3) is 0 Å². The van der Waals surface area contributed by atoms with Crippen LogP contribution in [0.3, 0.4) is 0 Å². The topological polar surface area (TPSA) is 69.4 Å². The van der Waals surface area contributed by atoms with Gasteiger partial charge in [0.1, 0.15) is 4.88 Å². The van der Waals surface area contributed by atoms with Gasteiger partial charge >= 0.3 is 5.97 Å². The van der Waals surface area contributed by atoms with Crippen LogP contribution in [0.1, 0.15) is 38.8 Å². The SMILES string of the molecule is CC(C)OC(=O)c1ccc(C(=O)c2ccccc2N)s1. The van der Waals surface area contributed by atoms with Crippen LogP contribution in [-0.4, -0.2) is 17.9 Å². The van der Waals surface area contributed by atoms with Crippen LogP contribution in [-0.2, 0) is 4.74 Å². The molecule has 2 N–H and O–H groups in total. The van der Waals surface area contributed by atoms with E-state index in [0.29, 0.717) is 21.0 Å². The highest BCUT2D eigenvalue weighted by molar-refractivity contribution is 7.16. The number of carbonyl (C=O) groups excluding carboxylic acids is 2. The minimum absolute atomic E-state index is 0.184. The van der Waals surface area contributed by atoms with Gasteiger partial charge < -0.3 is 10.5 Å². The van der Waals surface area contributed by atoms with Crippen molar-refractivity contribution in [1.82, 2.24) is 0 Å². The Morgan fingerprint density at radius 3 is 2.40 bits per heavy atom. The summed E-state index contributed by atoms with van der Waals surface area (Å²) in [5, 5.41) is 0. The van der Waals surface area contributed by atoms with Gasteiger partial charge in [0, 0.05) is 11.3 Å². The Hall–Kier alpha value is -2.14. The molecule has 2 rings (SSSR count). The highest BCUT2D eigenvalue weighted by atomic mass is 32.1. The van der Waals surface area contributed by atoms with E-state index in [1.165, 1.54) is 0 Å². The zero-order valence-electron chi connectivity index (χ0n) is 11.3. The predicted molar refractivity (Wildman–Crippen MR) is 79.2 cm³/mol. The third kappa shape index (κ3) is 3.05. The lowest BCUT2D eigenvalue weighted by atomic mass is 10.1. The van der Waals surface area contributed by atoms with Crippen molar-refractivity contribution in [2.24, 2.45) is 0 Å². The largest absolute Gasteiger partial charge is 0.459 e. The van der Waals surface area contributed by atoms with Gasteiger partial charge in [0.15, 0.2) is 0 Å². The normalized spacial score (nSPS) is 10.6. The molecule has 0 atom stereocenters. The van der Waals surface area contributed by atoms with Gasteiger partial charge in [-0.2, -0.15) is 0 Å². The van der Waals surface area contributed by atoms with Crippen LogP contribution < -0.4 is 5.73 Å². The molecular formula is C15H15NO3S. The summed E-state index contributed by atoms with van der Waals surface area (Å²) in [7, 11) is 0. The quantitative estimate of drug-likeness (QED) is 0.533. The Balaban J connectivity index is 2.23. The van der Waals surface area contributed by atoms with Crippen molar-refractivity contribution in [2.75, 3.05) is 5.73 Å². The number of hydrogen-bond donors (Lipinski definition) is 1. The molecule has 1 heterocycles. The zero-order valence-corrected chi connectivity index (χ0v) is 12.1. The maximum atomic E-state index is 12.3. The van der Waals surface area contributed by atoms with E-state index in [1.54, 1.807) is 50.2 Å². The van der Waals surface area contributed by atoms with Crippen LogP contribution in [0.2, 0.25) is 0 Å². The first kappa shape index (κ1) is 14.3. The van der Waals surface area contributed by atoms with Crippen molar-refractivity contribution in [1.29, 1.82) is 0 Å². The Labute approximate surface area is 121 Å². The summed E-state index contributed by atoms with van der Waals surface area (Å²) in [6, 6.07) is 10.1. The third-order valence-electron chi connectivity index (χ3n) is 2.58. The molecule has 0 amide bonds. The Kier molecular flexibility index (Phi) is 4.20. The van der Waals surface area contributed by atoms with Gasteiger partial charge in [-0.1, -0.05) is 12.1 Å². The number of ether oxygens (including phenoxy) is 1. The highest BCUT2D eigenvalue weighted by Gasteiger charge is 2.18. The number of ketones is 1. The monoisotopic (exact) mass is 289 g/mol. The van der Waals surface area contributed by atoms with E-state index in [1.807, 2.05) is 0 Å². The number of para-hydroxylation sites is 1. The first-order valence-corrected chi connectivity index (χ1v) is 7.00. The predicted octanol–water partition coefficient (Wildman–Crippen LogP) is 3.13. The molecule has 0 saturated carbocycles. The van der Waals surface area contributed by atoms with Crippen LogP contribution in [0.4, 0.5) is 5.69 Å². The summed E-state index contributed by atoms with van der Waals surface area (Å²) < 4.78 is 5.09. The third-order valence-corrected chi connectivity index (χ3v) is 3.64. The second kappa shape index (κ2) is 5.88. The summed E-state index contributed by atoms with van der Waals surface area (Å²) in [4.78, 5) is 24.9. The molecule has 0 unspecified atom stereocenters. The number of thiophene rings is 1. The molecule has 104 valence electrons. The van der Waals surface area contributed by atoms with E-state index in [0.717, 1.165) is 11.3 Å². The molecule has 0 fully saturated rings. The fraction of sp³-hybridized carbons (Fsp3) is 0.200. The minimum atomic E-state index is -0.412. The zero-order chi connectivity index (χ0) is 14.7. The molecule has 20 heavy (non-hydrogen) atoms. The van der Waals surface area contributed by atoms with Gasteiger partial charge in [-0.15, -0.1) is 11.3 Å². The van der Waals surface area contributed by atoms with Gasteiger partial charge in [-0.05, 0) is 38.1 Å². The van der Waals surface area contributed by atoms with E-state index in [-0.39, 0.29) is 11.9 Å². The van der Waals surface area contributed by atoms with E-state index in [2.05, 4.69) is 0 Å². The minimum Gasteiger partial charge on any atom is -0.459 e. The highest BCUT2D eigenvalue weighted by Crippen LogP contribution is 2.23. The van der Waals surface area contributed by atoms with Crippen LogP contribution >= 0.6 is 11.3 Å². The Morgan fingerprint density at radius 1 is 1.10 bits per heavy atom. The van der Waals surface area contributed by atoms with Crippen LogP contribution in [0.5, 0.6) is 0 Å². The molecule has 0 saturated heterocycles. The smallest absolute Gasteiger partial charge is 0.348 e. The van der Waals surface area contributed by atoms with E-state index in [9.17, 15) is 9.59 Å². The molecule has 4 nitrogen and oxygen atoms in total. The Morgan fingerprint density at radius 2 is 1.75 bits per heavy atom. The van der Waals surface area contributed by atoms with Gasteiger partial charge in [0.05, 0.1) is 11.0 Å². The maximum absolute atomic E-state index is 12.3. The molecule has 1 aromatic carbocycles. The van der Waals surface area contributed by atoms with Crippen molar-refractivity contribution < 1.29 is 14.3 Å². The van der Waals surface area contributed by atoms with Crippen molar-refractivity contribution in [2.45, 2.75) is 20.0 Å². The molecule has 0 aliphatic carbocycles. The lowest BCUT2D eigenvalue weighted by molar-refractivity contribution is 0.0384. The molecule has 0 aliphatic rings. The molecule has 1 aromatic heterocycles. The van der Waals surface area contributed by atoms with E-state index < -0.39 is 5.97 Å². The number of anilines is 1. The van der Waals surface area contributed by atoms with Crippen LogP contribution in [0, 0.1) is 0 Å². The average molecular weight is 289 g/mol. The fourth-order valence-corrected chi connectivity index (χ4v) is 2.52. The second-order valence-electron chi connectivity index (χ2n) is 4.53. The second-order valence-corrected chi connectivity index (χ2v) is 5.62. The van der Waals surface area contributed by atoms with Crippen LogP contribution in [0.15, 0.2) is 36.4 Å². The first-order valence-electron chi connectivity index (χ1n) is 6.19. The summed E-state index contributed by atoms with van der Waals surface area (Å²) in [6.07, 6.45) is -0.187. The van der Waals surface area contributed by atoms with Gasteiger partial charge in [0.25, 0.3) is 0 Å². The van der Waals surface area contributed by atoms with Gasteiger partial charge in [-0.3, -0.25) is 4.79 Å². The number of nitrogen functional groups attached to an aromatic ring is 1. The standard InChI is InChI=1S/C15H15NO3S/c1-9(2)19-15(18)13-8-7-12(20-13)14(17)10-5-3-4-6-11(10)16/h3-9H,16H2,1-2H3. The fourth-order valence-electron chi connectivity index (χ4n) is 1.68. The molecule has 0 radical (unpaired) electrons. The van der Waals surface area contributed by atoms with Gasteiger partial charge in [-0.25, -0.2) is 4.79 Å². The summed E-state index contributed by atoms with van der Waals surface area (Å²) in [5.74, 6) is -0.596. The molecule has 5 heteroatoms. The summed E-state index contributed by atoms with van der Waals surface area (Å²) in [6.45, 7) is 3.56. The van der Waals surface area contributed by atoms with Crippen molar-refractivity contribution >= 4 is 28.8 Å². The van der Waals surface area contributed by atoms with E-state index >= 15 is 0 Å². The average Bonchev–Trinajstić information content (AvgIpc) is 2.87. The van der Waals surface area contributed by atoms with Gasteiger partial charge in [0.2, 0.25) is 5.78 Å². The van der Waals surface area contributed by atoms with Crippen molar-refractivity contribution in [3.63, 3.8) is 0 Å². The molecule has 0 aliphatic heterocycles. The van der Waals surface area contributed by atoms with E-state index in [4.69, 9.17) is 10.5 Å². The summed E-state index contributed by atoms with van der Waals surface area (Å²) >= 11 is 1.11. The first-order chi connectivity index (χ1) is 9.49. The lowest BCUT2D eigenvalue weighted by Crippen LogP contribution is -2.10. The van der Waals surface area contributed by atoms with Crippen molar-refractivity contribution in [3.05, 3.63) is 51.7 Å². The number of esters is 1. The number of hydrogen-bond acceptors (Lipinski definition) is 5. The number of carbonyl (C=O) groups is 2. The maximum Gasteiger partial charge on any atom is 0.348 e. The number of benzene rings is 1. The lowest BCUT2D eigenvalue weighted by Gasteiger charge is -2.05. The molecular weight excluding hydrogens is 274 g/mol. The Bertz CT molecular complexity index is 646.